The molecule has 2 atom stereocenters. The minimum absolute atomic E-state index is 0.610. The molecule has 0 amide bonds. The fraction of sp³-hybridized carbons (Fsp3) is 0.471. The van der Waals surface area contributed by atoms with Gasteiger partial charge < -0.3 is 9.73 Å². The Bertz CT molecular complexity index is 536. The van der Waals surface area contributed by atoms with Gasteiger partial charge in [0.15, 0.2) is 12.2 Å². The fourth-order valence-electron chi connectivity index (χ4n) is 3.22. The van der Waals surface area contributed by atoms with Gasteiger partial charge in [0.25, 0.3) is 0 Å². The molecule has 3 heteroatoms. The van der Waals surface area contributed by atoms with Gasteiger partial charge in [0, 0.05) is 17.3 Å². The van der Waals surface area contributed by atoms with Crippen molar-refractivity contribution in [2.45, 2.75) is 45.1 Å². The van der Waals surface area contributed by atoms with Gasteiger partial charge in [-0.3, -0.25) is 0 Å². The molecule has 1 fully saturated rings. The Morgan fingerprint density at radius 1 is 1.30 bits per heavy atom. The van der Waals surface area contributed by atoms with E-state index in [9.17, 15) is 0 Å². The summed E-state index contributed by atoms with van der Waals surface area (Å²) in [4.78, 5) is 3.98. The molecule has 1 aromatic carbocycles. The normalized spacial score (nSPS) is 22.6. The highest BCUT2D eigenvalue weighted by atomic mass is 16.3. The van der Waals surface area contributed by atoms with Crippen LogP contribution in [0.1, 0.15) is 39.0 Å². The van der Waals surface area contributed by atoms with Crippen LogP contribution in [0, 0.1) is 5.92 Å². The van der Waals surface area contributed by atoms with E-state index in [2.05, 4.69) is 41.5 Å². The molecule has 1 aliphatic rings. The number of aromatic nitrogens is 1. The molecule has 20 heavy (non-hydrogen) atoms. The number of hydrogen-bond donors (Lipinski definition) is 1. The Morgan fingerprint density at radius 2 is 2.20 bits per heavy atom. The highest BCUT2D eigenvalue weighted by Gasteiger charge is 2.23. The molecule has 0 spiro atoms. The molecule has 3 nitrogen and oxygen atoms in total. The van der Waals surface area contributed by atoms with Gasteiger partial charge in [0.1, 0.15) is 0 Å². The van der Waals surface area contributed by atoms with Crippen LogP contribution in [0.3, 0.4) is 0 Å². The Kier molecular flexibility index (Phi) is 4.05. The van der Waals surface area contributed by atoms with E-state index in [1.165, 1.54) is 44.2 Å². The highest BCUT2D eigenvalue weighted by molar-refractivity contribution is 5.63. The summed E-state index contributed by atoms with van der Waals surface area (Å²) in [5, 5.41) is 3.72. The number of oxazole rings is 1. The molecular formula is C17H22N2O. The van der Waals surface area contributed by atoms with Gasteiger partial charge in [0.05, 0.1) is 6.20 Å². The molecule has 2 aromatic rings. The lowest BCUT2D eigenvalue weighted by atomic mass is 9.83. The second kappa shape index (κ2) is 6.12. The first-order valence-electron chi connectivity index (χ1n) is 7.62. The third kappa shape index (κ3) is 2.87. The average molecular weight is 270 g/mol. The van der Waals surface area contributed by atoms with Crippen molar-refractivity contribution in [3.8, 4) is 11.3 Å². The lowest BCUT2D eigenvalue weighted by molar-refractivity contribution is 0.317. The van der Waals surface area contributed by atoms with Gasteiger partial charge in [-0.05, 0) is 30.9 Å². The minimum atomic E-state index is 0.610. The van der Waals surface area contributed by atoms with Crippen LogP contribution in [0.5, 0.6) is 0 Å². The maximum absolute atomic E-state index is 5.37. The first-order valence-corrected chi connectivity index (χ1v) is 7.62. The van der Waals surface area contributed by atoms with Crippen LogP contribution in [-0.2, 0) is 0 Å². The van der Waals surface area contributed by atoms with E-state index in [4.69, 9.17) is 4.42 Å². The summed E-state index contributed by atoms with van der Waals surface area (Å²) < 4.78 is 5.37. The zero-order valence-corrected chi connectivity index (χ0v) is 12.0. The summed E-state index contributed by atoms with van der Waals surface area (Å²) in [7, 11) is 0. The van der Waals surface area contributed by atoms with Gasteiger partial charge in [0.2, 0.25) is 0 Å². The molecule has 0 bridgehead atoms. The third-order valence-corrected chi connectivity index (χ3v) is 4.36. The second-order valence-electron chi connectivity index (χ2n) is 5.65. The van der Waals surface area contributed by atoms with E-state index in [0.717, 1.165) is 17.2 Å². The van der Waals surface area contributed by atoms with Crippen molar-refractivity contribution in [2.75, 3.05) is 5.32 Å². The molecule has 1 aromatic heterocycles. The number of rotatable bonds is 4. The van der Waals surface area contributed by atoms with E-state index >= 15 is 0 Å². The van der Waals surface area contributed by atoms with Gasteiger partial charge in [-0.15, -0.1) is 0 Å². The topological polar surface area (TPSA) is 38.1 Å². The molecule has 1 aliphatic carbocycles. The molecule has 1 N–H and O–H groups in total. The first kappa shape index (κ1) is 13.2. The van der Waals surface area contributed by atoms with E-state index < -0.39 is 0 Å². The number of anilines is 1. The van der Waals surface area contributed by atoms with Gasteiger partial charge >= 0.3 is 0 Å². The van der Waals surface area contributed by atoms with Crippen molar-refractivity contribution in [3.05, 3.63) is 36.9 Å². The van der Waals surface area contributed by atoms with E-state index in [1.807, 2.05) is 0 Å². The lowest BCUT2D eigenvalue weighted by Crippen LogP contribution is -2.31. The molecule has 0 saturated heterocycles. The second-order valence-corrected chi connectivity index (χ2v) is 5.65. The van der Waals surface area contributed by atoms with Gasteiger partial charge in [-0.1, -0.05) is 38.3 Å². The van der Waals surface area contributed by atoms with E-state index in [0.29, 0.717) is 6.04 Å². The quantitative estimate of drug-likeness (QED) is 0.873. The van der Waals surface area contributed by atoms with Crippen LogP contribution < -0.4 is 5.32 Å². The minimum Gasteiger partial charge on any atom is -0.444 e. The van der Waals surface area contributed by atoms with Crippen molar-refractivity contribution in [3.63, 3.8) is 0 Å². The molecule has 0 aliphatic heterocycles. The summed E-state index contributed by atoms with van der Waals surface area (Å²) in [5.41, 5.74) is 2.26. The van der Waals surface area contributed by atoms with Crippen LogP contribution in [0.15, 0.2) is 41.3 Å². The van der Waals surface area contributed by atoms with Crippen molar-refractivity contribution >= 4 is 5.69 Å². The van der Waals surface area contributed by atoms with Crippen molar-refractivity contribution in [1.29, 1.82) is 0 Å². The van der Waals surface area contributed by atoms with Gasteiger partial charge in [-0.25, -0.2) is 4.98 Å². The molecule has 1 saturated carbocycles. The van der Waals surface area contributed by atoms with E-state index in [-0.39, 0.29) is 0 Å². The van der Waals surface area contributed by atoms with Crippen LogP contribution in [0.25, 0.3) is 11.3 Å². The Balaban J connectivity index is 1.75. The average Bonchev–Trinajstić information content (AvgIpc) is 3.02. The van der Waals surface area contributed by atoms with Crippen LogP contribution >= 0.6 is 0 Å². The first-order chi connectivity index (χ1) is 9.86. The van der Waals surface area contributed by atoms with E-state index in [1.54, 1.807) is 6.20 Å². The predicted molar refractivity (Wildman–Crippen MR) is 81.6 cm³/mol. The third-order valence-electron chi connectivity index (χ3n) is 4.36. The zero-order valence-electron chi connectivity index (χ0n) is 12.0. The Morgan fingerprint density at radius 3 is 3.00 bits per heavy atom. The van der Waals surface area contributed by atoms with Crippen LogP contribution in [-0.4, -0.2) is 11.0 Å². The summed E-state index contributed by atoms with van der Waals surface area (Å²) >= 11 is 0. The standard InChI is InChI=1S/C17H22N2O/c1-2-13-6-3-4-9-16(13)19-15-8-5-7-14(10-15)17-11-18-12-20-17/h5,7-8,10-13,16,19H,2-4,6,9H2,1H3. The summed E-state index contributed by atoms with van der Waals surface area (Å²) in [6.07, 6.45) is 9.86. The maximum Gasteiger partial charge on any atom is 0.181 e. The summed E-state index contributed by atoms with van der Waals surface area (Å²) in [6, 6.07) is 9.04. The lowest BCUT2D eigenvalue weighted by Gasteiger charge is -2.32. The molecule has 0 radical (unpaired) electrons. The molecule has 2 unspecified atom stereocenters. The van der Waals surface area contributed by atoms with Crippen molar-refractivity contribution in [2.24, 2.45) is 5.92 Å². The fourth-order valence-corrected chi connectivity index (χ4v) is 3.22. The maximum atomic E-state index is 5.37. The van der Waals surface area contributed by atoms with Crippen LogP contribution in [0.2, 0.25) is 0 Å². The molecule has 106 valence electrons. The molecular weight excluding hydrogens is 248 g/mol. The van der Waals surface area contributed by atoms with Crippen molar-refractivity contribution in [1.82, 2.24) is 4.98 Å². The zero-order chi connectivity index (χ0) is 13.8. The van der Waals surface area contributed by atoms with Gasteiger partial charge in [-0.2, -0.15) is 0 Å². The molecule has 3 rings (SSSR count). The number of benzene rings is 1. The highest BCUT2D eigenvalue weighted by Crippen LogP contribution is 2.30. The van der Waals surface area contributed by atoms with Crippen molar-refractivity contribution < 1.29 is 4.42 Å². The summed E-state index contributed by atoms with van der Waals surface area (Å²) in [5.74, 6) is 1.63. The SMILES string of the molecule is CCC1CCCCC1Nc1cccc(-c2cnco2)c1. The Hall–Kier alpha value is -1.77. The summed E-state index contributed by atoms with van der Waals surface area (Å²) in [6.45, 7) is 2.30. The smallest absolute Gasteiger partial charge is 0.181 e. The number of nitrogens with zero attached hydrogens (tertiary/aromatic N) is 1. The van der Waals surface area contributed by atoms with Crippen LogP contribution in [0.4, 0.5) is 5.69 Å². The Labute approximate surface area is 120 Å². The largest absolute Gasteiger partial charge is 0.444 e. The molecule has 1 heterocycles. The predicted octanol–water partition coefficient (Wildman–Crippen LogP) is 4.72. The monoisotopic (exact) mass is 270 g/mol. The number of hydrogen-bond acceptors (Lipinski definition) is 3. The number of nitrogens with one attached hydrogen (secondary N) is 1.